The normalized spacial score (nSPS) is 24.1. The van der Waals surface area contributed by atoms with Crippen LogP contribution in [0.1, 0.15) is 30.4 Å². The molecule has 2 saturated heterocycles. The molecule has 3 amide bonds. The van der Waals surface area contributed by atoms with E-state index in [-0.39, 0.29) is 12.0 Å². The Kier molecular flexibility index (Phi) is 5.69. The smallest absolute Gasteiger partial charge is 0.408 e. The maximum atomic E-state index is 13.4. The molecule has 1 aliphatic carbocycles. The first-order valence-electron chi connectivity index (χ1n) is 10.8. The molecule has 10 heteroatoms. The number of nitriles is 1. The van der Waals surface area contributed by atoms with Crippen LogP contribution in [0, 0.1) is 29.6 Å². The maximum Gasteiger partial charge on any atom is 0.408 e. The third kappa shape index (κ3) is 3.96. The molecular formula is C22H27N5O5. The molecule has 32 heavy (non-hydrogen) atoms. The summed E-state index contributed by atoms with van der Waals surface area (Å²) in [5, 5.41) is 28.1. The molecule has 1 saturated carbocycles. The number of nitrogens with one attached hydrogen (secondary N) is 1. The summed E-state index contributed by atoms with van der Waals surface area (Å²) in [5.74, 6) is -2.03. The lowest BCUT2D eigenvalue weighted by Gasteiger charge is -2.45. The molecule has 1 aromatic carbocycles. The number of hydroxylamine groups is 1. The van der Waals surface area contributed by atoms with Gasteiger partial charge in [-0.05, 0) is 55.4 Å². The standard InChI is InChI=1S/C22H27N5O5/c1-14-10-15(12-23)2-3-17(14)25-6-8-26(9-7-25)20(29)18-16(19(28)24-32)11-22(4-5-22)13-27(18)21(30)31/h2-3,10,16,18,32H,4-9,11,13H2,1H3,(H,24,28)(H,30,31). The van der Waals surface area contributed by atoms with E-state index >= 15 is 0 Å². The summed E-state index contributed by atoms with van der Waals surface area (Å²) in [5.41, 5.74) is 3.93. The molecule has 1 aromatic rings. The largest absolute Gasteiger partial charge is 0.465 e. The lowest BCUT2D eigenvalue weighted by molar-refractivity contribution is -0.150. The predicted molar refractivity (Wildman–Crippen MR) is 113 cm³/mol. The quantitative estimate of drug-likeness (QED) is 0.473. The van der Waals surface area contributed by atoms with Crippen LogP contribution in [0.3, 0.4) is 0 Å². The summed E-state index contributed by atoms with van der Waals surface area (Å²) in [6.45, 7) is 4.06. The Morgan fingerprint density at radius 3 is 2.41 bits per heavy atom. The molecule has 0 radical (unpaired) electrons. The number of carboxylic acid groups (broad SMARTS) is 1. The van der Waals surface area contributed by atoms with Crippen LogP contribution in [0.25, 0.3) is 0 Å². The van der Waals surface area contributed by atoms with Crippen LogP contribution in [-0.2, 0) is 9.59 Å². The Morgan fingerprint density at radius 1 is 1.19 bits per heavy atom. The number of rotatable bonds is 3. The molecule has 170 valence electrons. The SMILES string of the molecule is Cc1cc(C#N)ccc1N1CCN(C(=O)C2C(C(=O)NO)CC3(CC3)CN2C(=O)O)CC1. The van der Waals surface area contributed by atoms with Gasteiger partial charge in [0.1, 0.15) is 6.04 Å². The second-order valence-corrected chi connectivity index (χ2v) is 9.07. The van der Waals surface area contributed by atoms with E-state index in [0.717, 1.165) is 29.0 Å². The molecular weight excluding hydrogens is 414 g/mol. The zero-order valence-corrected chi connectivity index (χ0v) is 18.0. The second kappa shape index (κ2) is 8.31. The van der Waals surface area contributed by atoms with Crippen molar-refractivity contribution in [2.45, 2.75) is 32.2 Å². The zero-order valence-electron chi connectivity index (χ0n) is 18.0. The number of nitrogens with zero attached hydrogens (tertiary/aromatic N) is 4. The van der Waals surface area contributed by atoms with Gasteiger partial charge in [0.25, 0.3) is 0 Å². The summed E-state index contributed by atoms with van der Waals surface area (Å²) in [4.78, 5) is 42.6. The van der Waals surface area contributed by atoms with Crippen LogP contribution in [0.4, 0.5) is 10.5 Å². The van der Waals surface area contributed by atoms with Crippen molar-refractivity contribution in [3.63, 3.8) is 0 Å². The predicted octanol–water partition coefficient (Wildman–Crippen LogP) is 1.17. The first kappa shape index (κ1) is 21.9. The van der Waals surface area contributed by atoms with Crippen LogP contribution >= 0.6 is 0 Å². The molecule has 3 fully saturated rings. The van der Waals surface area contributed by atoms with Crippen molar-refractivity contribution in [2.75, 3.05) is 37.6 Å². The minimum Gasteiger partial charge on any atom is -0.465 e. The van der Waals surface area contributed by atoms with Gasteiger partial charge in [0.2, 0.25) is 11.8 Å². The lowest BCUT2D eigenvalue weighted by atomic mass is 9.80. The third-order valence-electron chi connectivity index (χ3n) is 7.04. The minimum absolute atomic E-state index is 0.234. The molecule has 2 heterocycles. The number of likely N-dealkylation sites (tertiary alicyclic amines) is 1. The van der Waals surface area contributed by atoms with Gasteiger partial charge < -0.3 is 14.9 Å². The van der Waals surface area contributed by atoms with Crippen molar-refractivity contribution in [1.29, 1.82) is 5.26 Å². The summed E-state index contributed by atoms with van der Waals surface area (Å²) in [7, 11) is 0. The van der Waals surface area contributed by atoms with Crippen molar-refractivity contribution in [3.05, 3.63) is 29.3 Å². The van der Waals surface area contributed by atoms with Gasteiger partial charge in [0.15, 0.2) is 0 Å². The number of piperidine rings is 1. The van der Waals surface area contributed by atoms with Gasteiger partial charge in [-0.1, -0.05) is 0 Å². The number of carbonyl (C=O) groups excluding carboxylic acids is 2. The van der Waals surface area contributed by atoms with Crippen molar-refractivity contribution < 1.29 is 24.7 Å². The Labute approximate surface area is 186 Å². The molecule has 2 aliphatic heterocycles. The first-order valence-corrected chi connectivity index (χ1v) is 10.8. The molecule has 2 unspecified atom stereocenters. The van der Waals surface area contributed by atoms with Crippen molar-refractivity contribution in [3.8, 4) is 6.07 Å². The Hall–Kier alpha value is -3.32. The third-order valence-corrected chi connectivity index (χ3v) is 7.04. The van der Waals surface area contributed by atoms with Crippen molar-refractivity contribution in [1.82, 2.24) is 15.3 Å². The average Bonchev–Trinajstić information content (AvgIpc) is 3.55. The Bertz CT molecular complexity index is 977. The van der Waals surface area contributed by atoms with Crippen LogP contribution in [0.5, 0.6) is 0 Å². The molecule has 0 aromatic heterocycles. The number of hydrogen-bond donors (Lipinski definition) is 3. The van der Waals surface area contributed by atoms with Gasteiger partial charge in [-0.2, -0.15) is 5.26 Å². The number of piperazine rings is 1. The summed E-state index contributed by atoms with van der Waals surface area (Å²) >= 11 is 0. The molecule has 3 N–H and O–H groups in total. The van der Waals surface area contributed by atoms with Gasteiger partial charge in [-0.3, -0.25) is 19.7 Å². The van der Waals surface area contributed by atoms with Gasteiger partial charge in [0.05, 0.1) is 17.6 Å². The first-order chi connectivity index (χ1) is 15.3. The van der Waals surface area contributed by atoms with E-state index in [2.05, 4.69) is 11.0 Å². The highest BCUT2D eigenvalue weighted by molar-refractivity contribution is 5.92. The average molecular weight is 441 g/mol. The molecule has 10 nitrogen and oxygen atoms in total. The van der Waals surface area contributed by atoms with E-state index in [1.807, 2.05) is 19.1 Å². The van der Waals surface area contributed by atoms with Gasteiger partial charge >= 0.3 is 6.09 Å². The van der Waals surface area contributed by atoms with E-state index in [9.17, 15) is 24.7 Å². The van der Waals surface area contributed by atoms with Crippen molar-refractivity contribution >= 4 is 23.6 Å². The van der Waals surface area contributed by atoms with E-state index in [4.69, 9.17) is 5.26 Å². The maximum absolute atomic E-state index is 13.4. The number of amides is 3. The van der Waals surface area contributed by atoms with Crippen LogP contribution in [0.2, 0.25) is 0 Å². The monoisotopic (exact) mass is 441 g/mol. The number of anilines is 1. The zero-order chi connectivity index (χ0) is 23.0. The van der Waals surface area contributed by atoms with Gasteiger partial charge in [-0.15, -0.1) is 0 Å². The Balaban J connectivity index is 1.50. The molecule has 4 rings (SSSR count). The number of hydrogen-bond acceptors (Lipinski definition) is 6. The number of benzene rings is 1. The summed E-state index contributed by atoms with van der Waals surface area (Å²) in [6.07, 6.45) is 0.798. The highest BCUT2D eigenvalue weighted by Crippen LogP contribution is 2.55. The highest BCUT2D eigenvalue weighted by atomic mass is 16.5. The summed E-state index contributed by atoms with van der Waals surface area (Å²) in [6, 6.07) is 6.46. The molecule has 3 aliphatic rings. The second-order valence-electron chi connectivity index (χ2n) is 9.07. The fraction of sp³-hybridized carbons (Fsp3) is 0.545. The van der Waals surface area contributed by atoms with Crippen LogP contribution in [-0.4, -0.2) is 76.8 Å². The fourth-order valence-electron chi connectivity index (χ4n) is 5.10. The highest BCUT2D eigenvalue weighted by Gasteiger charge is 2.57. The molecule has 2 atom stereocenters. The molecule has 1 spiro atoms. The topological polar surface area (TPSA) is 137 Å². The minimum atomic E-state index is -1.23. The van der Waals surface area contributed by atoms with E-state index in [1.165, 1.54) is 0 Å². The lowest BCUT2D eigenvalue weighted by Crippen LogP contribution is -2.63. The summed E-state index contributed by atoms with van der Waals surface area (Å²) < 4.78 is 0. The van der Waals surface area contributed by atoms with E-state index < -0.39 is 29.9 Å². The van der Waals surface area contributed by atoms with Gasteiger partial charge in [0, 0.05) is 38.4 Å². The fourth-order valence-corrected chi connectivity index (χ4v) is 5.10. The number of carbonyl (C=O) groups is 3. The van der Waals surface area contributed by atoms with Crippen LogP contribution in [0.15, 0.2) is 18.2 Å². The Morgan fingerprint density at radius 2 is 1.88 bits per heavy atom. The molecule has 0 bridgehead atoms. The van der Waals surface area contributed by atoms with E-state index in [1.54, 1.807) is 16.4 Å². The van der Waals surface area contributed by atoms with Crippen LogP contribution < -0.4 is 10.4 Å². The number of aryl methyl sites for hydroxylation is 1. The van der Waals surface area contributed by atoms with Gasteiger partial charge in [-0.25, -0.2) is 10.3 Å². The van der Waals surface area contributed by atoms with Crippen molar-refractivity contribution in [2.24, 2.45) is 11.3 Å². The van der Waals surface area contributed by atoms with E-state index in [0.29, 0.717) is 38.2 Å².